The summed E-state index contributed by atoms with van der Waals surface area (Å²) in [5.41, 5.74) is 7.80. The van der Waals surface area contributed by atoms with Gasteiger partial charge in [0.2, 0.25) is 0 Å². The maximum atomic E-state index is 5.75. The second-order valence-electron chi connectivity index (χ2n) is 5.45. The second kappa shape index (κ2) is 5.00. The average molecular weight is 251 g/mol. The van der Waals surface area contributed by atoms with Gasteiger partial charge in [-0.1, -0.05) is 33.0 Å². The van der Waals surface area contributed by atoms with Crippen molar-refractivity contribution in [3.63, 3.8) is 0 Å². The molecule has 94 valence electrons. The van der Waals surface area contributed by atoms with Crippen molar-refractivity contribution >= 4 is 23.0 Å². The number of pyridine rings is 1. The average Bonchev–Trinajstić information content (AvgIpc) is 2.15. The van der Waals surface area contributed by atoms with E-state index in [2.05, 4.69) is 38.0 Å². The zero-order valence-electron chi connectivity index (χ0n) is 11.2. The van der Waals surface area contributed by atoms with Crippen LogP contribution in [-0.4, -0.2) is 16.0 Å². The Labute approximate surface area is 109 Å². The topological polar surface area (TPSA) is 50.9 Å². The monoisotopic (exact) mass is 251 g/mol. The van der Waals surface area contributed by atoms with Gasteiger partial charge in [-0.3, -0.25) is 0 Å². The number of nitrogens with two attached hydrogens (primary N) is 1. The molecule has 17 heavy (non-hydrogen) atoms. The molecule has 0 amide bonds. The first-order chi connectivity index (χ1) is 7.73. The number of hydrogen-bond donors (Lipinski definition) is 2. The van der Waals surface area contributed by atoms with Crippen LogP contribution in [0.2, 0.25) is 0 Å². The van der Waals surface area contributed by atoms with Gasteiger partial charge in [0, 0.05) is 12.2 Å². The van der Waals surface area contributed by atoms with Crippen LogP contribution in [0.1, 0.15) is 38.8 Å². The molecule has 0 radical (unpaired) electrons. The molecule has 0 fully saturated rings. The van der Waals surface area contributed by atoms with Crippen molar-refractivity contribution in [3.8, 4) is 0 Å². The molecule has 0 saturated heterocycles. The maximum Gasteiger partial charge on any atom is 0.136 e. The van der Waals surface area contributed by atoms with E-state index < -0.39 is 0 Å². The van der Waals surface area contributed by atoms with Crippen LogP contribution in [-0.2, 0) is 0 Å². The van der Waals surface area contributed by atoms with Crippen LogP contribution in [0.5, 0.6) is 0 Å². The van der Waals surface area contributed by atoms with Gasteiger partial charge in [0.15, 0.2) is 0 Å². The van der Waals surface area contributed by atoms with E-state index in [4.69, 9.17) is 18.0 Å². The predicted molar refractivity (Wildman–Crippen MR) is 77.4 cm³/mol. The van der Waals surface area contributed by atoms with Gasteiger partial charge in [0.05, 0.1) is 5.56 Å². The lowest BCUT2D eigenvalue weighted by Gasteiger charge is -2.29. The fourth-order valence-corrected chi connectivity index (χ4v) is 1.66. The highest BCUT2D eigenvalue weighted by atomic mass is 32.1. The summed E-state index contributed by atoms with van der Waals surface area (Å²) in [5.74, 6) is 0.778. The van der Waals surface area contributed by atoms with Gasteiger partial charge in [0.25, 0.3) is 0 Å². The summed E-state index contributed by atoms with van der Waals surface area (Å²) in [6.45, 7) is 10.7. The van der Waals surface area contributed by atoms with Crippen LogP contribution in [0, 0.1) is 12.3 Å². The van der Waals surface area contributed by atoms with Crippen molar-refractivity contribution in [1.29, 1.82) is 0 Å². The fraction of sp³-hybridized carbons (Fsp3) is 0.538. The van der Waals surface area contributed by atoms with Gasteiger partial charge < -0.3 is 11.1 Å². The minimum atomic E-state index is 0.152. The minimum Gasteiger partial charge on any atom is -0.389 e. The molecule has 3 N–H and O–H groups in total. The summed E-state index contributed by atoms with van der Waals surface area (Å²) in [7, 11) is 0. The molecule has 1 aromatic heterocycles. The Morgan fingerprint density at radius 1 is 1.47 bits per heavy atom. The number of rotatable bonds is 3. The third-order valence-corrected chi connectivity index (χ3v) is 3.26. The molecule has 0 aromatic carbocycles. The van der Waals surface area contributed by atoms with E-state index in [-0.39, 0.29) is 11.5 Å². The van der Waals surface area contributed by atoms with Crippen molar-refractivity contribution in [3.05, 3.63) is 23.4 Å². The Balaban J connectivity index is 3.07. The standard InChI is InChI=1S/C13H21N3S/c1-8-6-7-15-12(10(8)11(14)17)16-9(2)13(3,4)5/h6-7,9H,1-5H3,(H2,14,17)(H,15,16). The van der Waals surface area contributed by atoms with Crippen LogP contribution >= 0.6 is 12.2 Å². The molecule has 0 aliphatic carbocycles. The lowest BCUT2D eigenvalue weighted by atomic mass is 9.88. The molecule has 0 bridgehead atoms. The third-order valence-electron chi connectivity index (χ3n) is 3.06. The number of thiocarbonyl (C=S) groups is 1. The summed E-state index contributed by atoms with van der Waals surface area (Å²) < 4.78 is 0. The van der Waals surface area contributed by atoms with Crippen molar-refractivity contribution in [2.24, 2.45) is 11.1 Å². The van der Waals surface area contributed by atoms with Gasteiger partial charge in [-0.25, -0.2) is 4.98 Å². The number of hydrogen-bond acceptors (Lipinski definition) is 3. The Hall–Kier alpha value is -1.16. The van der Waals surface area contributed by atoms with Gasteiger partial charge in [-0.15, -0.1) is 0 Å². The summed E-state index contributed by atoms with van der Waals surface area (Å²) >= 11 is 5.08. The summed E-state index contributed by atoms with van der Waals surface area (Å²) in [6, 6.07) is 2.20. The van der Waals surface area contributed by atoms with Crippen LogP contribution in [0.15, 0.2) is 12.3 Å². The minimum absolute atomic E-state index is 0.152. The van der Waals surface area contributed by atoms with Crippen molar-refractivity contribution < 1.29 is 0 Å². The lowest BCUT2D eigenvalue weighted by molar-refractivity contribution is 0.358. The number of nitrogens with zero attached hydrogens (tertiary/aromatic N) is 1. The van der Waals surface area contributed by atoms with E-state index in [1.807, 2.05) is 13.0 Å². The first-order valence-electron chi connectivity index (χ1n) is 5.75. The second-order valence-corrected chi connectivity index (χ2v) is 5.89. The highest BCUT2D eigenvalue weighted by Gasteiger charge is 2.21. The first kappa shape index (κ1) is 13.9. The van der Waals surface area contributed by atoms with Crippen LogP contribution in [0.4, 0.5) is 5.82 Å². The Morgan fingerprint density at radius 3 is 2.53 bits per heavy atom. The predicted octanol–water partition coefficient (Wildman–Crippen LogP) is 2.87. The summed E-state index contributed by atoms with van der Waals surface area (Å²) in [4.78, 5) is 4.72. The molecule has 1 atom stereocenters. The molecule has 1 unspecified atom stereocenters. The maximum absolute atomic E-state index is 5.75. The highest BCUT2D eigenvalue weighted by molar-refractivity contribution is 7.80. The molecule has 0 aliphatic heterocycles. The van der Waals surface area contributed by atoms with E-state index in [0.29, 0.717) is 4.99 Å². The largest absolute Gasteiger partial charge is 0.389 e. The molecule has 0 aliphatic rings. The fourth-order valence-electron chi connectivity index (χ4n) is 1.40. The summed E-state index contributed by atoms with van der Waals surface area (Å²) in [6.07, 6.45) is 1.77. The third kappa shape index (κ3) is 3.40. The quantitative estimate of drug-likeness (QED) is 0.811. The number of aryl methyl sites for hydroxylation is 1. The summed E-state index contributed by atoms with van der Waals surface area (Å²) in [5, 5.41) is 3.39. The molecule has 0 saturated carbocycles. The zero-order valence-corrected chi connectivity index (χ0v) is 12.0. The smallest absolute Gasteiger partial charge is 0.136 e. The van der Waals surface area contributed by atoms with Crippen molar-refractivity contribution in [2.45, 2.75) is 40.7 Å². The van der Waals surface area contributed by atoms with Gasteiger partial charge in [-0.05, 0) is 30.9 Å². The Bertz CT molecular complexity index is 421. The zero-order chi connectivity index (χ0) is 13.2. The molecule has 0 spiro atoms. The Kier molecular flexibility index (Phi) is 4.09. The first-order valence-corrected chi connectivity index (χ1v) is 6.16. The van der Waals surface area contributed by atoms with Gasteiger partial charge in [0.1, 0.15) is 10.8 Å². The molecule has 4 heteroatoms. The number of nitrogens with one attached hydrogen (secondary N) is 1. The van der Waals surface area contributed by atoms with Gasteiger partial charge >= 0.3 is 0 Å². The molecule has 1 aromatic rings. The van der Waals surface area contributed by atoms with E-state index in [0.717, 1.165) is 16.9 Å². The lowest BCUT2D eigenvalue weighted by Crippen LogP contribution is -2.32. The van der Waals surface area contributed by atoms with Crippen LogP contribution < -0.4 is 11.1 Å². The molecule has 1 rings (SSSR count). The number of anilines is 1. The van der Waals surface area contributed by atoms with E-state index in [9.17, 15) is 0 Å². The number of aromatic nitrogens is 1. The molecular weight excluding hydrogens is 230 g/mol. The van der Waals surface area contributed by atoms with Crippen LogP contribution in [0.25, 0.3) is 0 Å². The SMILES string of the molecule is Cc1ccnc(NC(C)C(C)(C)C)c1C(N)=S. The molecular formula is C13H21N3S. The normalized spacial score (nSPS) is 13.2. The molecule has 1 heterocycles. The van der Waals surface area contributed by atoms with E-state index >= 15 is 0 Å². The highest BCUT2D eigenvalue weighted by Crippen LogP contribution is 2.24. The Morgan fingerprint density at radius 2 is 2.06 bits per heavy atom. The van der Waals surface area contributed by atoms with E-state index in [1.165, 1.54) is 0 Å². The van der Waals surface area contributed by atoms with Crippen LogP contribution in [0.3, 0.4) is 0 Å². The van der Waals surface area contributed by atoms with Crippen molar-refractivity contribution in [2.75, 3.05) is 5.32 Å². The molecule has 3 nitrogen and oxygen atoms in total. The van der Waals surface area contributed by atoms with Gasteiger partial charge in [-0.2, -0.15) is 0 Å². The van der Waals surface area contributed by atoms with Crippen molar-refractivity contribution in [1.82, 2.24) is 4.98 Å². The van der Waals surface area contributed by atoms with E-state index in [1.54, 1.807) is 6.20 Å².